The van der Waals surface area contributed by atoms with Crippen LogP contribution < -0.4 is 14.8 Å². The first kappa shape index (κ1) is 12.7. The molecule has 5 heteroatoms. The molecule has 0 spiro atoms. The zero-order valence-electron chi connectivity index (χ0n) is 11.6. The predicted molar refractivity (Wildman–Crippen MR) is 72.0 cm³/mol. The third-order valence-electron chi connectivity index (χ3n) is 4.01. The van der Waals surface area contributed by atoms with E-state index < -0.39 is 0 Å². The molecule has 0 atom stereocenters. The summed E-state index contributed by atoms with van der Waals surface area (Å²) in [6.45, 7) is 2.12. The molecule has 2 heterocycles. The van der Waals surface area contributed by atoms with Crippen molar-refractivity contribution in [2.45, 2.75) is 37.5 Å². The lowest BCUT2D eigenvalue weighted by Crippen LogP contribution is -2.27. The molecule has 1 aliphatic carbocycles. The first-order valence-corrected chi connectivity index (χ1v) is 7.04. The zero-order chi connectivity index (χ0) is 13.2. The van der Waals surface area contributed by atoms with Crippen LogP contribution in [0.2, 0.25) is 0 Å². The van der Waals surface area contributed by atoms with Crippen LogP contribution in [-0.4, -0.2) is 37.3 Å². The molecule has 19 heavy (non-hydrogen) atoms. The summed E-state index contributed by atoms with van der Waals surface area (Å²) in [4.78, 5) is 8.98. The van der Waals surface area contributed by atoms with Crippen LogP contribution in [0.1, 0.15) is 48.8 Å². The number of methoxy groups -OCH3 is 2. The maximum absolute atomic E-state index is 5.51. The molecule has 1 aromatic heterocycles. The van der Waals surface area contributed by atoms with E-state index in [4.69, 9.17) is 9.47 Å². The van der Waals surface area contributed by atoms with Crippen molar-refractivity contribution in [3.63, 3.8) is 0 Å². The lowest BCUT2D eigenvalue weighted by Gasteiger charge is -2.26. The van der Waals surface area contributed by atoms with Crippen molar-refractivity contribution in [3.8, 4) is 11.9 Å². The summed E-state index contributed by atoms with van der Waals surface area (Å²) in [6.07, 6.45) is 4.71. The van der Waals surface area contributed by atoms with Crippen LogP contribution in [0.4, 0.5) is 0 Å². The second-order valence-electron chi connectivity index (χ2n) is 5.32. The van der Waals surface area contributed by atoms with Crippen molar-refractivity contribution in [1.82, 2.24) is 15.3 Å². The van der Waals surface area contributed by atoms with Gasteiger partial charge in [-0.15, -0.1) is 0 Å². The SMILES string of the molecule is COc1nc(OC)c(C2CCNCC2)c(C2CC2)n1. The molecule has 0 bridgehead atoms. The quantitative estimate of drug-likeness (QED) is 0.898. The van der Waals surface area contributed by atoms with Crippen LogP contribution in [0.5, 0.6) is 11.9 Å². The van der Waals surface area contributed by atoms with Gasteiger partial charge in [0.25, 0.3) is 0 Å². The zero-order valence-corrected chi connectivity index (χ0v) is 11.6. The largest absolute Gasteiger partial charge is 0.481 e. The van der Waals surface area contributed by atoms with Gasteiger partial charge in [0.1, 0.15) is 0 Å². The van der Waals surface area contributed by atoms with Gasteiger partial charge in [0.15, 0.2) is 0 Å². The number of nitrogens with one attached hydrogen (secondary N) is 1. The highest BCUT2D eigenvalue weighted by molar-refractivity contribution is 5.39. The summed E-state index contributed by atoms with van der Waals surface area (Å²) in [5.74, 6) is 1.80. The first-order valence-electron chi connectivity index (χ1n) is 7.04. The number of rotatable bonds is 4. The third-order valence-corrected chi connectivity index (χ3v) is 4.01. The average Bonchev–Trinajstić information content (AvgIpc) is 3.31. The van der Waals surface area contributed by atoms with E-state index in [0.29, 0.717) is 23.7 Å². The molecule has 3 rings (SSSR count). The van der Waals surface area contributed by atoms with Crippen LogP contribution in [0, 0.1) is 0 Å². The Labute approximate surface area is 113 Å². The van der Waals surface area contributed by atoms with Crippen LogP contribution in [0.3, 0.4) is 0 Å². The smallest absolute Gasteiger partial charge is 0.319 e. The van der Waals surface area contributed by atoms with Crippen molar-refractivity contribution in [3.05, 3.63) is 11.3 Å². The monoisotopic (exact) mass is 263 g/mol. The van der Waals surface area contributed by atoms with E-state index in [1.165, 1.54) is 18.4 Å². The van der Waals surface area contributed by atoms with Crippen LogP contribution in [-0.2, 0) is 0 Å². The molecule has 0 amide bonds. The molecule has 1 aromatic rings. The van der Waals surface area contributed by atoms with Crippen LogP contribution in [0.15, 0.2) is 0 Å². The van der Waals surface area contributed by atoms with E-state index in [9.17, 15) is 0 Å². The van der Waals surface area contributed by atoms with Crippen molar-refractivity contribution in [2.24, 2.45) is 0 Å². The van der Waals surface area contributed by atoms with E-state index in [-0.39, 0.29) is 0 Å². The molecule has 1 N–H and O–H groups in total. The van der Waals surface area contributed by atoms with Gasteiger partial charge in [0, 0.05) is 11.5 Å². The Hall–Kier alpha value is -1.36. The fraction of sp³-hybridized carbons (Fsp3) is 0.714. The summed E-state index contributed by atoms with van der Waals surface area (Å²) in [5.41, 5.74) is 2.39. The summed E-state index contributed by atoms with van der Waals surface area (Å²) in [6, 6.07) is 0.427. The van der Waals surface area contributed by atoms with E-state index in [1.807, 2.05) is 0 Å². The van der Waals surface area contributed by atoms with E-state index in [1.54, 1.807) is 14.2 Å². The van der Waals surface area contributed by atoms with Crippen LogP contribution in [0.25, 0.3) is 0 Å². The lowest BCUT2D eigenvalue weighted by molar-refractivity contribution is 0.338. The van der Waals surface area contributed by atoms with Gasteiger partial charge in [-0.3, -0.25) is 0 Å². The topological polar surface area (TPSA) is 56.3 Å². The van der Waals surface area contributed by atoms with Gasteiger partial charge in [-0.2, -0.15) is 9.97 Å². The maximum Gasteiger partial charge on any atom is 0.319 e. The van der Waals surface area contributed by atoms with Crippen molar-refractivity contribution in [2.75, 3.05) is 27.3 Å². The minimum absolute atomic E-state index is 0.427. The highest BCUT2D eigenvalue weighted by atomic mass is 16.5. The van der Waals surface area contributed by atoms with Gasteiger partial charge >= 0.3 is 6.01 Å². The summed E-state index contributed by atoms with van der Waals surface area (Å²) < 4.78 is 10.7. The minimum atomic E-state index is 0.427. The summed E-state index contributed by atoms with van der Waals surface area (Å²) in [7, 11) is 3.29. The third kappa shape index (κ3) is 2.52. The van der Waals surface area contributed by atoms with Gasteiger partial charge in [-0.25, -0.2) is 0 Å². The summed E-state index contributed by atoms with van der Waals surface area (Å²) in [5, 5.41) is 3.40. The van der Waals surface area contributed by atoms with Crippen molar-refractivity contribution >= 4 is 0 Å². The molecule has 104 valence electrons. The second-order valence-corrected chi connectivity index (χ2v) is 5.32. The Bertz CT molecular complexity index is 454. The standard InChI is InChI=1S/C14H21N3O2/c1-18-13-11(9-5-7-15-8-6-9)12(10-3-4-10)16-14(17-13)19-2/h9-10,15H,3-8H2,1-2H3. The second kappa shape index (κ2) is 5.33. The number of aromatic nitrogens is 2. The molecule has 2 fully saturated rings. The molecule has 1 saturated carbocycles. The average molecular weight is 263 g/mol. The van der Waals surface area contributed by atoms with Gasteiger partial charge < -0.3 is 14.8 Å². The molecule has 0 radical (unpaired) electrons. The lowest BCUT2D eigenvalue weighted by atomic mass is 9.88. The number of hydrogen-bond acceptors (Lipinski definition) is 5. The maximum atomic E-state index is 5.51. The van der Waals surface area contributed by atoms with Gasteiger partial charge in [-0.05, 0) is 44.7 Å². The molecule has 0 unspecified atom stereocenters. The normalized spacial score (nSPS) is 20.3. The van der Waals surface area contributed by atoms with Crippen LogP contribution >= 0.6 is 0 Å². The fourth-order valence-corrected chi connectivity index (χ4v) is 2.85. The molecule has 1 saturated heterocycles. The van der Waals surface area contributed by atoms with Gasteiger partial charge in [-0.1, -0.05) is 0 Å². The van der Waals surface area contributed by atoms with Crippen molar-refractivity contribution < 1.29 is 9.47 Å². The Balaban J connectivity index is 2.03. The van der Waals surface area contributed by atoms with Gasteiger partial charge in [0.2, 0.25) is 5.88 Å². The highest BCUT2D eigenvalue weighted by Gasteiger charge is 2.34. The minimum Gasteiger partial charge on any atom is -0.481 e. The molecular formula is C14H21N3O2. The van der Waals surface area contributed by atoms with E-state index >= 15 is 0 Å². The Morgan fingerprint density at radius 3 is 2.26 bits per heavy atom. The number of piperidine rings is 1. The first-order chi connectivity index (χ1) is 9.33. The summed E-state index contributed by atoms with van der Waals surface area (Å²) >= 11 is 0. The molecule has 2 aliphatic rings. The number of nitrogens with zero attached hydrogens (tertiary/aromatic N) is 2. The number of ether oxygens (including phenoxy) is 2. The fourth-order valence-electron chi connectivity index (χ4n) is 2.85. The predicted octanol–water partition coefficient (Wildman–Crippen LogP) is 1.84. The van der Waals surface area contributed by atoms with Crippen molar-refractivity contribution in [1.29, 1.82) is 0 Å². The Morgan fingerprint density at radius 2 is 1.68 bits per heavy atom. The molecule has 1 aliphatic heterocycles. The number of hydrogen-bond donors (Lipinski definition) is 1. The Morgan fingerprint density at radius 1 is 0.947 bits per heavy atom. The molecule has 0 aromatic carbocycles. The van der Waals surface area contributed by atoms with E-state index in [0.717, 1.165) is 31.6 Å². The highest BCUT2D eigenvalue weighted by Crippen LogP contribution is 2.46. The van der Waals surface area contributed by atoms with E-state index in [2.05, 4.69) is 15.3 Å². The van der Waals surface area contributed by atoms with Gasteiger partial charge in [0.05, 0.1) is 19.9 Å². The Kier molecular flexibility index (Phi) is 3.55. The molecule has 5 nitrogen and oxygen atoms in total. The molecular weight excluding hydrogens is 242 g/mol.